The van der Waals surface area contributed by atoms with Crippen LogP contribution >= 0.6 is 0 Å². The van der Waals surface area contributed by atoms with Crippen LogP contribution in [0.15, 0.2) is 43.0 Å². The summed E-state index contributed by atoms with van der Waals surface area (Å²) >= 11 is 0. The van der Waals surface area contributed by atoms with Gasteiger partial charge in [0, 0.05) is 0 Å². The second-order valence-electron chi connectivity index (χ2n) is 4.54. The Morgan fingerprint density at radius 2 is 1.53 bits per heavy atom. The molecule has 1 aromatic rings. The van der Waals surface area contributed by atoms with Crippen LogP contribution in [0.5, 0.6) is 0 Å². The van der Waals surface area contributed by atoms with Crippen molar-refractivity contribution in [2.24, 2.45) is 0 Å². The van der Waals surface area contributed by atoms with Gasteiger partial charge in [0.15, 0.2) is 0 Å². The van der Waals surface area contributed by atoms with Gasteiger partial charge in [0.2, 0.25) is 0 Å². The van der Waals surface area contributed by atoms with Crippen LogP contribution in [0.4, 0.5) is 0 Å². The van der Waals surface area contributed by atoms with Crippen molar-refractivity contribution in [2.75, 3.05) is 0 Å². The van der Waals surface area contributed by atoms with Gasteiger partial charge in [-0.2, -0.15) is 0 Å². The molecule has 0 amide bonds. The summed E-state index contributed by atoms with van der Waals surface area (Å²) in [7, 11) is 0. The van der Waals surface area contributed by atoms with Gasteiger partial charge in [0.1, 0.15) is 0 Å². The number of rotatable bonds is 3. The molecule has 0 atom stereocenters. The van der Waals surface area contributed by atoms with Crippen molar-refractivity contribution in [2.45, 2.75) is 47.0 Å². The fourth-order valence-electron chi connectivity index (χ4n) is 1.63. The maximum Gasteiger partial charge on any atom is -0.0219 e. The highest BCUT2D eigenvalue weighted by Crippen LogP contribution is 2.22. The lowest BCUT2D eigenvalue weighted by molar-refractivity contribution is 0.866. The summed E-state index contributed by atoms with van der Waals surface area (Å²) in [6, 6.07) is 8.96. The van der Waals surface area contributed by atoms with Crippen LogP contribution in [-0.4, -0.2) is 0 Å². The topological polar surface area (TPSA) is 0 Å². The number of benzene rings is 1. The molecule has 17 heavy (non-hydrogen) atoms. The molecule has 94 valence electrons. The molecule has 0 aliphatic rings. The lowest BCUT2D eigenvalue weighted by atomic mass is 9.97. The van der Waals surface area contributed by atoms with Gasteiger partial charge in [-0.1, -0.05) is 50.6 Å². The van der Waals surface area contributed by atoms with Crippen molar-refractivity contribution in [3.8, 4) is 0 Å². The van der Waals surface area contributed by atoms with Crippen LogP contribution in [0.2, 0.25) is 0 Å². The standard InChI is InChI=1S/C15H22.C2H4/c1-6-12(4)13(5)15-9-7-14(8-10-15)11(2)3;1-2/h7-11H,6H2,1-5H3;1-2H2/b13-12-;. The molecule has 0 N–H and O–H groups in total. The minimum atomic E-state index is 0.621. The molecule has 0 heteroatoms. The molecule has 0 saturated heterocycles. The average molecular weight is 230 g/mol. The van der Waals surface area contributed by atoms with Crippen molar-refractivity contribution in [3.63, 3.8) is 0 Å². The van der Waals surface area contributed by atoms with E-state index >= 15 is 0 Å². The molecule has 0 unspecified atom stereocenters. The smallest absolute Gasteiger partial charge is 0.0219 e. The van der Waals surface area contributed by atoms with Gasteiger partial charge < -0.3 is 0 Å². The molecule has 0 aromatic heterocycles. The van der Waals surface area contributed by atoms with E-state index in [-0.39, 0.29) is 0 Å². The van der Waals surface area contributed by atoms with E-state index in [0.29, 0.717) is 5.92 Å². The Morgan fingerprint density at radius 3 is 1.88 bits per heavy atom. The Hall–Kier alpha value is -1.30. The van der Waals surface area contributed by atoms with Gasteiger partial charge in [0.25, 0.3) is 0 Å². The highest BCUT2D eigenvalue weighted by molar-refractivity contribution is 5.66. The van der Waals surface area contributed by atoms with Crippen molar-refractivity contribution >= 4 is 5.57 Å². The van der Waals surface area contributed by atoms with Crippen LogP contribution in [0.1, 0.15) is 58.1 Å². The Labute approximate surface area is 107 Å². The minimum absolute atomic E-state index is 0.621. The molecular formula is C17H26. The molecule has 0 aliphatic carbocycles. The van der Waals surface area contributed by atoms with Crippen molar-refractivity contribution < 1.29 is 0 Å². The predicted molar refractivity (Wildman–Crippen MR) is 80.3 cm³/mol. The molecule has 0 radical (unpaired) electrons. The zero-order chi connectivity index (χ0) is 13.4. The van der Waals surface area contributed by atoms with Gasteiger partial charge in [-0.3, -0.25) is 0 Å². The van der Waals surface area contributed by atoms with E-state index in [4.69, 9.17) is 0 Å². The van der Waals surface area contributed by atoms with E-state index < -0.39 is 0 Å². The number of hydrogen-bond donors (Lipinski definition) is 0. The molecule has 0 fully saturated rings. The van der Waals surface area contributed by atoms with E-state index in [9.17, 15) is 0 Å². The molecule has 0 bridgehead atoms. The SMILES string of the molecule is C=C.CC/C(C)=C(/C)c1ccc(C(C)C)cc1. The third kappa shape index (κ3) is 4.60. The van der Waals surface area contributed by atoms with Crippen LogP contribution in [-0.2, 0) is 0 Å². The first kappa shape index (κ1) is 15.7. The zero-order valence-electron chi connectivity index (χ0n) is 12.0. The molecule has 0 aliphatic heterocycles. The molecule has 0 nitrogen and oxygen atoms in total. The van der Waals surface area contributed by atoms with E-state index in [2.05, 4.69) is 72.0 Å². The number of hydrogen-bond acceptors (Lipinski definition) is 0. The molecule has 1 rings (SSSR count). The maximum atomic E-state index is 3.00. The summed E-state index contributed by atoms with van der Waals surface area (Å²) in [6.07, 6.45) is 1.14. The zero-order valence-corrected chi connectivity index (χ0v) is 12.0. The average Bonchev–Trinajstić information content (AvgIpc) is 2.39. The summed E-state index contributed by atoms with van der Waals surface area (Å²) in [5.41, 5.74) is 5.68. The Bertz CT molecular complexity index is 352. The number of allylic oxidation sites excluding steroid dienone is 2. The second-order valence-corrected chi connectivity index (χ2v) is 4.54. The molecular weight excluding hydrogens is 204 g/mol. The lowest BCUT2D eigenvalue weighted by Gasteiger charge is -2.09. The van der Waals surface area contributed by atoms with Crippen LogP contribution in [0, 0.1) is 0 Å². The third-order valence-corrected chi connectivity index (χ3v) is 3.18. The van der Waals surface area contributed by atoms with E-state index in [1.54, 1.807) is 0 Å². The third-order valence-electron chi connectivity index (χ3n) is 3.18. The van der Waals surface area contributed by atoms with Gasteiger partial charge in [0.05, 0.1) is 0 Å². The Balaban J connectivity index is 0.00000121. The van der Waals surface area contributed by atoms with E-state index in [0.717, 1.165) is 6.42 Å². The van der Waals surface area contributed by atoms with Gasteiger partial charge in [-0.15, -0.1) is 13.2 Å². The molecule has 0 saturated carbocycles. The molecule has 1 aromatic carbocycles. The van der Waals surface area contributed by atoms with Crippen molar-refractivity contribution in [3.05, 3.63) is 54.1 Å². The summed E-state index contributed by atoms with van der Waals surface area (Å²) in [4.78, 5) is 0. The highest BCUT2D eigenvalue weighted by Gasteiger charge is 2.01. The summed E-state index contributed by atoms with van der Waals surface area (Å²) in [5, 5.41) is 0. The van der Waals surface area contributed by atoms with E-state index in [1.165, 1.54) is 22.3 Å². The maximum absolute atomic E-state index is 3.00. The van der Waals surface area contributed by atoms with Crippen molar-refractivity contribution in [1.29, 1.82) is 0 Å². The second kappa shape index (κ2) is 7.89. The van der Waals surface area contributed by atoms with Gasteiger partial charge >= 0.3 is 0 Å². The summed E-state index contributed by atoms with van der Waals surface area (Å²) in [6.45, 7) is 17.1. The van der Waals surface area contributed by atoms with E-state index in [1.807, 2.05) is 0 Å². The first-order chi connectivity index (χ1) is 8.06. The lowest BCUT2D eigenvalue weighted by Crippen LogP contribution is -1.89. The van der Waals surface area contributed by atoms with Gasteiger partial charge in [-0.05, 0) is 42.9 Å². The van der Waals surface area contributed by atoms with Gasteiger partial charge in [-0.25, -0.2) is 0 Å². The fourth-order valence-corrected chi connectivity index (χ4v) is 1.63. The van der Waals surface area contributed by atoms with Crippen LogP contribution in [0.25, 0.3) is 5.57 Å². The highest BCUT2D eigenvalue weighted by atomic mass is 14.1. The molecule has 0 heterocycles. The first-order valence-electron chi connectivity index (χ1n) is 6.33. The minimum Gasteiger partial charge on any atom is -0.106 e. The summed E-state index contributed by atoms with van der Waals surface area (Å²) in [5.74, 6) is 0.621. The Morgan fingerprint density at radius 1 is 1.06 bits per heavy atom. The predicted octanol–water partition coefficient (Wildman–Crippen LogP) is 5.82. The quantitative estimate of drug-likeness (QED) is 0.574. The van der Waals surface area contributed by atoms with Crippen molar-refractivity contribution in [1.82, 2.24) is 0 Å². The summed E-state index contributed by atoms with van der Waals surface area (Å²) < 4.78 is 0. The Kier molecular flexibility index (Phi) is 7.29. The molecule has 0 spiro atoms. The van der Waals surface area contributed by atoms with Crippen LogP contribution < -0.4 is 0 Å². The first-order valence-corrected chi connectivity index (χ1v) is 6.33. The largest absolute Gasteiger partial charge is 0.106 e. The fraction of sp³-hybridized carbons (Fsp3) is 0.412. The monoisotopic (exact) mass is 230 g/mol. The normalized spacial score (nSPS) is 11.6. The van der Waals surface area contributed by atoms with Crippen LogP contribution in [0.3, 0.4) is 0 Å².